The highest BCUT2D eigenvalue weighted by Crippen LogP contribution is 2.28. The number of nitrogens with two attached hydrogens (primary N) is 1. The number of aryl methyl sites for hydroxylation is 1. The fraction of sp³-hybridized carbons (Fsp3) is 0.0667. The van der Waals surface area contributed by atoms with E-state index in [0.717, 1.165) is 17.2 Å². The summed E-state index contributed by atoms with van der Waals surface area (Å²) in [4.78, 5) is 4.15. The number of hydrogen-bond acceptors (Lipinski definition) is 4. The van der Waals surface area contributed by atoms with Crippen LogP contribution in [0.5, 0.6) is 0 Å². The molecule has 1 heterocycles. The summed E-state index contributed by atoms with van der Waals surface area (Å²) in [7, 11) is 0. The zero-order chi connectivity index (χ0) is 15.0. The molecule has 6 heteroatoms. The number of anilines is 1. The van der Waals surface area contributed by atoms with Gasteiger partial charge in [0.1, 0.15) is 11.6 Å². The highest BCUT2D eigenvalue weighted by atomic mass is 19.1. The molecule has 0 aliphatic rings. The highest BCUT2D eigenvalue weighted by Gasteiger charge is 2.17. The van der Waals surface area contributed by atoms with Crippen molar-refractivity contribution in [2.75, 3.05) is 5.73 Å². The second-order valence-electron chi connectivity index (χ2n) is 4.59. The Morgan fingerprint density at radius 2 is 1.81 bits per heavy atom. The summed E-state index contributed by atoms with van der Waals surface area (Å²) < 4.78 is 32.0. The molecule has 0 spiro atoms. The van der Waals surface area contributed by atoms with Gasteiger partial charge in [-0.3, -0.25) is 0 Å². The first-order valence-electron chi connectivity index (χ1n) is 6.21. The Hall–Kier alpha value is -2.76. The first kappa shape index (κ1) is 13.2. The van der Waals surface area contributed by atoms with Gasteiger partial charge < -0.3 is 10.3 Å². The average Bonchev–Trinajstić information content (AvgIpc) is 2.92. The van der Waals surface area contributed by atoms with Crippen molar-refractivity contribution < 1.29 is 13.3 Å². The Morgan fingerprint density at radius 1 is 1.05 bits per heavy atom. The van der Waals surface area contributed by atoms with E-state index < -0.39 is 11.6 Å². The van der Waals surface area contributed by atoms with Crippen molar-refractivity contribution in [1.82, 2.24) is 10.1 Å². The predicted molar refractivity (Wildman–Crippen MR) is 74.2 cm³/mol. The van der Waals surface area contributed by atoms with E-state index in [2.05, 4.69) is 10.1 Å². The van der Waals surface area contributed by atoms with E-state index in [4.69, 9.17) is 10.3 Å². The van der Waals surface area contributed by atoms with Crippen LogP contribution < -0.4 is 5.73 Å². The molecule has 0 unspecified atom stereocenters. The lowest BCUT2D eigenvalue weighted by molar-refractivity contribution is 0.429. The van der Waals surface area contributed by atoms with Crippen molar-refractivity contribution in [2.45, 2.75) is 6.92 Å². The molecule has 0 aliphatic heterocycles. The minimum Gasteiger partial charge on any atom is -0.396 e. The summed E-state index contributed by atoms with van der Waals surface area (Å²) in [6.07, 6.45) is 0. The second-order valence-corrected chi connectivity index (χ2v) is 4.59. The average molecular weight is 287 g/mol. The fourth-order valence-electron chi connectivity index (χ4n) is 2.00. The highest BCUT2D eigenvalue weighted by molar-refractivity contribution is 5.65. The lowest BCUT2D eigenvalue weighted by atomic mass is 10.1. The summed E-state index contributed by atoms with van der Waals surface area (Å²) in [5, 5.41) is 3.83. The Morgan fingerprint density at radius 3 is 2.57 bits per heavy atom. The number of halogens is 2. The van der Waals surface area contributed by atoms with Gasteiger partial charge in [0.15, 0.2) is 0 Å². The zero-order valence-electron chi connectivity index (χ0n) is 11.1. The monoisotopic (exact) mass is 287 g/mol. The van der Waals surface area contributed by atoms with Crippen molar-refractivity contribution in [2.24, 2.45) is 0 Å². The van der Waals surface area contributed by atoms with Gasteiger partial charge in [-0.15, -0.1) is 0 Å². The number of benzene rings is 2. The lowest BCUT2D eigenvalue weighted by Gasteiger charge is -2.01. The van der Waals surface area contributed by atoms with Gasteiger partial charge in [0, 0.05) is 11.6 Å². The Labute approximate surface area is 119 Å². The topological polar surface area (TPSA) is 64.9 Å². The summed E-state index contributed by atoms with van der Waals surface area (Å²) in [6.45, 7) is 1.90. The van der Waals surface area contributed by atoms with Crippen molar-refractivity contribution in [1.29, 1.82) is 0 Å². The number of nitrogen functional groups attached to an aromatic ring is 1. The van der Waals surface area contributed by atoms with Crippen LogP contribution in [0, 0.1) is 18.6 Å². The summed E-state index contributed by atoms with van der Waals surface area (Å²) in [5.74, 6) is -1.33. The maximum Gasteiger partial charge on any atom is 0.261 e. The minimum atomic E-state index is -0.824. The molecule has 2 aromatic carbocycles. The molecule has 1 aromatic heterocycles. The van der Waals surface area contributed by atoms with Crippen LogP contribution in [0.1, 0.15) is 5.56 Å². The molecule has 0 saturated carbocycles. The third kappa shape index (κ3) is 2.35. The third-order valence-electron chi connectivity index (χ3n) is 3.13. The smallest absolute Gasteiger partial charge is 0.261 e. The van der Waals surface area contributed by atoms with Crippen LogP contribution >= 0.6 is 0 Å². The molecule has 106 valence electrons. The van der Waals surface area contributed by atoms with Crippen LogP contribution in [-0.2, 0) is 0 Å². The summed E-state index contributed by atoms with van der Waals surface area (Å²) >= 11 is 0. The quantitative estimate of drug-likeness (QED) is 0.732. The minimum absolute atomic E-state index is 0.0266. The van der Waals surface area contributed by atoms with Crippen LogP contribution in [0.4, 0.5) is 14.5 Å². The van der Waals surface area contributed by atoms with E-state index in [0.29, 0.717) is 11.9 Å². The van der Waals surface area contributed by atoms with Crippen LogP contribution in [0.25, 0.3) is 22.8 Å². The van der Waals surface area contributed by atoms with E-state index >= 15 is 0 Å². The zero-order valence-corrected chi connectivity index (χ0v) is 11.1. The Bertz CT molecular complexity index is 814. The van der Waals surface area contributed by atoms with Crippen molar-refractivity contribution in [3.05, 3.63) is 53.6 Å². The lowest BCUT2D eigenvalue weighted by Crippen LogP contribution is -1.94. The molecule has 0 amide bonds. The SMILES string of the molecule is Cc1ccccc1-c1noc(-c2cc(N)c(F)cc2F)n1. The number of nitrogens with zero attached hydrogens (tertiary/aromatic N) is 2. The normalized spacial score (nSPS) is 10.8. The predicted octanol–water partition coefficient (Wildman–Crippen LogP) is 3.57. The van der Waals surface area contributed by atoms with Gasteiger partial charge in [-0.1, -0.05) is 29.4 Å². The van der Waals surface area contributed by atoms with Crippen LogP contribution in [0.2, 0.25) is 0 Å². The molecule has 0 radical (unpaired) electrons. The summed E-state index contributed by atoms with van der Waals surface area (Å²) in [6, 6.07) is 9.30. The van der Waals surface area contributed by atoms with Crippen molar-refractivity contribution in [3.8, 4) is 22.8 Å². The van der Waals surface area contributed by atoms with Gasteiger partial charge in [-0.2, -0.15) is 4.98 Å². The first-order valence-corrected chi connectivity index (χ1v) is 6.21. The Kier molecular flexibility index (Phi) is 3.13. The third-order valence-corrected chi connectivity index (χ3v) is 3.13. The maximum absolute atomic E-state index is 13.8. The van der Waals surface area contributed by atoms with E-state index in [9.17, 15) is 8.78 Å². The van der Waals surface area contributed by atoms with Gasteiger partial charge in [0.25, 0.3) is 5.89 Å². The van der Waals surface area contributed by atoms with E-state index in [1.807, 2.05) is 31.2 Å². The van der Waals surface area contributed by atoms with Crippen LogP contribution in [0.15, 0.2) is 40.9 Å². The van der Waals surface area contributed by atoms with Crippen LogP contribution in [0.3, 0.4) is 0 Å². The molecule has 0 saturated heterocycles. The van der Waals surface area contributed by atoms with Gasteiger partial charge in [0.05, 0.1) is 11.3 Å². The maximum atomic E-state index is 13.8. The van der Waals surface area contributed by atoms with Gasteiger partial charge in [0.2, 0.25) is 5.82 Å². The summed E-state index contributed by atoms with van der Waals surface area (Å²) in [5.41, 5.74) is 6.97. The van der Waals surface area contributed by atoms with E-state index in [-0.39, 0.29) is 17.1 Å². The van der Waals surface area contributed by atoms with Gasteiger partial charge in [-0.25, -0.2) is 8.78 Å². The number of rotatable bonds is 2. The van der Waals surface area contributed by atoms with Gasteiger partial charge >= 0.3 is 0 Å². The molecule has 21 heavy (non-hydrogen) atoms. The largest absolute Gasteiger partial charge is 0.396 e. The standard InChI is InChI=1S/C15H11F2N3O/c1-8-4-2-3-5-9(8)14-19-15(21-20-14)10-6-13(18)12(17)7-11(10)16/h2-7H,18H2,1H3. The molecule has 0 aliphatic carbocycles. The molecule has 3 aromatic rings. The molecule has 0 bridgehead atoms. The molecular weight excluding hydrogens is 276 g/mol. The number of hydrogen-bond donors (Lipinski definition) is 1. The van der Waals surface area contributed by atoms with Crippen LogP contribution in [-0.4, -0.2) is 10.1 Å². The molecule has 0 fully saturated rings. The Balaban J connectivity index is 2.07. The second kappa shape index (κ2) is 4.97. The van der Waals surface area contributed by atoms with E-state index in [1.54, 1.807) is 0 Å². The van der Waals surface area contributed by atoms with Crippen molar-refractivity contribution >= 4 is 5.69 Å². The molecule has 0 atom stereocenters. The molecule has 3 rings (SSSR count). The molecule has 4 nitrogen and oxygen atoms in total. The molecular formula is C15H11F2N3O. The van der Waals surface area contributed by atoms with E-state index in [1.165, 1.54) is 0 Å². The fourth-order valence-corrected chi connectivity index (χ4v) is 2.00. The molecule has 2 N–H and O–H groups in total. The van der Waals surface area contributed by atoms with Gasteiger partial charge in [-0.05, 0) is 18.6 Å². The first-order chi connectivity index (χ1) is 10.1. The van der Waals surface area contributed by atoms with Crippen molar-refractivity contribution in [3.63, 3.8) is 0 Å². The number of aromatic nitrogens is 2.